The smallest absolute Gasteiger partial charge is 0.317 e. The van der Waals surface area contributed by atoms with E-state index in [9.17, 15) is 9.59 Å². The van der Waals surface area contributed by atoms with Gasteiger partial charge in [-0.3, -0.25) is 4.79 Å². The van der Waals surface area contributed by atoms with Gasteiger partial charge in [-0.05, 0) is 25.2 Å². The molecule has 1 fully saturated rings. The van der Waals surface area contributed by atoms with E-state index in [2.05, 4.69) is 19.2 Å². The Labute approximate surface area is 121 Å². The van der Waals surface area contributed by atoms with Crippen LogP contribution in [0.1, 0.15) is 52.4 Å². The van der Waals surface area contributed by atoms with Gasteiger partial charge in [-0.15, -0.1) is 0 Å². The number of hydrogen-bond acceptors (Lipinski definition) is 2. The number of carbonyl (C=O) groups is 2. The van der Waals surface area contributed by atoms with E-state index in [4.69, 9.17) is 5.11 Å². The number of piperidine rings is 1. The zero-order chi connectivity index (χ0) is 15.0. The average molecular weight is 284 g/mol. The molecular formula is C15H28N2O3. The number of nitrogens with zero attached hydrogens (tertiary/aromatic N) is 1. The van der Waals surface area contributed by atoms with Crippen LogP contribution in [0.2, 0.25) is 0 Å². The first-order valence-electron chi connectivity index (χ1n) is 7.84. The number of likely N-dealkylation sites (tertiary alicyclic amines) is 1. The molecular weight excluding hydrogens is 256 g/mol. The van der Waals surface area contributed by atoms with E-state index in [-0.39, 0.29) is 6.03 Å². The highest BCUT2D eigenvalue weighted by Crippen LogP contribution is 2.17. The summed E-state index contributed by atoms with van der Waals surface area (Å²) in [6.45, 7) is 6.02. The number of aliphatic carboxylic acids is 1. The predicted octanol–water partition coefficient (Wildman–Crippen LogP) is 2.71. The molecule has 0 radical (unpaired) electrons. The van der Waals surface area contributed by atoms with Crippen LogP contribution < -0.4 is 5.32 Å². The van der Waals surface area contributed by atoms with Crippen molar-refractivity contribution in [3.05, 3.63) is 0 Å². The van der Waals surface area contributed by atoms with Crippen LogP contribution in [-0.4, -0.2) is 41.6 Å². The fraction of sp³-hybridized carbons (Fsp3) is 0.867. The van der Waals surface area contributed by atoms with Gasteiger partial charge >= 0.3 is 12.0 Å². The van der Waals surface area contributed by atoms with Crippen molar-refractivity contribution in [2.75, 3.05) is 19.6 Å². The minimum atomic E-state index is -0.795. The van der Waals surface area contributed by atoms with Crippen LogP contribution in [0, 0.1) is 11.8 Å². The molecule has 1 aliphatic rings. The molecule has 0 saturated carbocycles. The van der Waals surface area contributed by atoms with E-state index < -0.39 is 11.9 Å². The van der Waals surface area contributed by atoms with Crippen molar-refractivity contribution in [3.8, 4) is 0 Å². The lowest BCUT2D eigenvalue weighted by molar-refractivity contribution is -0.143. The summed E-state index contributed by atoms with van der Waals surface area (Å²) < 4.78 is 0. The summed E-state index contributed by atoms with van der Waals surface area (Å²) in [4.78, 5) is 24.7. The zero-order valence-electron chi connectivity index (χ0n) is 12.7. The zero-order valence-corrected chi connectivity index (χ0v) is 12.7. The van der Waals surface area contributed by atoms with Crippen LogP contribution >= 0.6 is 0 Å². The standard InChI is InChI=1S/C15H28N2O3/c1-3-5-7-12(4-2)10-16-15(20)17-9-6-8-13(11-17)14(18)19/h12-13H,3-11H2,1-2H3,(H,16,20)(H,18,19)/t12?,13-/m1/s1. The summed E-state index contributed by atoms with van der Waals surface area (Å²) in [5, 5.41) is 12.0. The fourth-order valence-electron chi connectivity index (χ4n) is 2.65. The monoisotopic (exact) mass is 284 g/mol. The Morgan fingerprint density at radius 3 is 2.75 bits per heavy atom. The molecule has 5 heteroatoms. The van der Waals surface area contributed by atoms with Crippen molar-refractivity contribution >= 4 is 12.0 Å². The number of rotatable bonds is 7. The Balaban J connectivity index is 2.35. The second-order valence-electron chi connectivity index (χ2n) is 5.73. The van der Waals surface area contributed by atoms with Gasteiger partial charge in [0.05, 0.1) is 5.92 Å². The first-order chi connectivity index (χ1) is 9.58. The van der Waals surface area contributed by atoms with E-state index in [0.717, 1.165) is 19.3 Å². The molecule has 0 aromatic rings. The van der Waals surface area contributed by atoms with Crippen LogP contribution in [0.3, 0.4) is 0 Å². The van der Waals surface area contributed by atoms with E-state index >= 15 is 0 Å². The van der Waals surface area contributed by atoms with Crippen LogP contribution in [0.5, 0.6) is 0 Å². The van der Waals surface area contributed by atoms with Crippen molar-refractivity contribution < 1.29 is 14.7 Å². The van der Waals surface area contributed by atoms with E-state index in [1.165, 1.54) is 12.8 Å². The summed E-state index contributed by atoms with van der Waals surface area (Å²) >= 11 is 0. The maximum absolute atomic E-state index is 12.1. The Kier molecular flexibility index (Phi) is 7.41. The SMILES string of the molecule is CCCCC(CC)CNC(=O)N1CCC[C@@H](C(=O)O)C1. The second-order valence-corrected chi connectivity index (χ2v) is 5.73. The lowest BCUT2D eigenvalue weighted by Gasteiger charge is -2.31. The number of carboxylic acids is 1. The molecule has 20 heavy (non-hydrogen) atoms. The van der Waals surface area contributed by atoms with Gasteiger partial charge in [-0.2, -0.15) is 0 Å². The molecule has 1 unspecified atom stereocenters. The van der Waals surface area contributed by atoms with Crippen LogP contribution in [-0.2, 0) is 4.79 Å². The minimum absolute atomic E-state index is 0.106. The number of urea groups is 1. The third-order valence-electron chi connectivity index (χ3n) is 4.14. The molecule has 0 spiro atoms. The quantitative estimate of drug-likeness (QED) is 0.755. The Morgan fingerprint density at radius 1 is 1.40 bits per heavy atom. The van der Waals surface area contributed by atoms with Gasteiger partial charge in [0, 0.05) is 19.6 Å². The largest absolute Gasteiger partial charge is 0.481 e. The van der Waals surface area contributed by atoms with E-state index in [0.29, 0.717) is 32.0 Å². The number of hydrogen-bond donors (Lipinski definition) is 2. The Hall–Kier alpha value is -1.26. The molecule has 0 aromatic carbocycles. The molecule has 1 heterocycles. The number of carbonyl (C=O) groups excluding carboxylic acids is 1. The number of nitrogens with one attached hydrogen (secondary N) is 1. The van der Waals surface area contributed by atoms with Crippen molar-refractivity contribution in [3.63, 3.8) is 0 Å². The molecule has 0 bridgehead atoms. The summed E-state index contributed by atoms with van der Waals surface area (Å²) in [7, 11) is 0. The van der Waals surface area contributed by atoms with Gasteiger partial charge in [0.1, 0.15) is 0 Å². The van der Waals surface area contributed by atoms with Gasteiger partial charge in [0.2, 0.25) is 0 Å². The van der Waals surface area contributed by atoms with Gasteiger partial charge in [-0.1, -0.05) is 33.1 Å². The highest BCUT2D eigenvalue weighted by atomic mass is 16.4. The summed E-state index contributed by atoms with van der Waals surface area (Å²) in [5.74, 6) is -0.674. The topological polar surface area (TPSA) is 69.6 Å². The maximum atomic E-state index is 12.1. The average Bonchev–Trinajstić information content (AvgIpc) is 2.47. The molecule has 0 aliphatic carbocycles. The van der Waals surface area contributed by atoms with Crippen molar-refractivity contribution in [2.45, 2.75) is 52.4 Å². The number of amides is 2. The Bertz CT molecular complexity index is 320. The van der Waals surface area contributed by atoms with Crippen LogP contribution in [0.4, 0.5) is 4.79 Å². The molecule has 2 atom stereocenters. The molecule has 1 rings (SSSR count). The van der Waals surface area contributed by atoms with E-state index in [1.54, 1.807) is 4.90 Å². The lowest BCUT2D eigenvalue weighted by atomic mass is 9.98. The maximum Gasteiger partial charge on any atom is 0.317 e. The molecule has 1 aliphatic heterocycles. The molecule has 1 saturated heterocycles. The van der Waals surface area contributed by atoms with Crippen molar-refractivity contribution in [2.24, 2.45) is 11.8 Å². The van der Waals surface area contributed by atoms with Crippen molar-refractivity contribution in [1.82, 2.24) is 10.2 Å². The minimum Gasteiger partial charge on any atom is -0.481 e. The first-order valence-corrected chi connectivity index (χ1v) is 7.84. The number of carboxylic acid groups (broad SMARTS) is 1. The predicted molar refractivity (Wildman–Crippen MR) is 78.6 cm³/mol. The first kappa shape index (κ1) is 16.8. The molecule has 2 N–H and O–H groups in total. The van der Waals surface area contributed by atoms with Gasteiger partial charge in [0.15, 0.2) is 0 Å². The third kappa shape index (κ3) is 5.39. The van der Waals surface area contributed by atoms with Gasteiger partial charge < -0.3 is 15.3 Å². The summed E-state index contributed by atoms with van der Waals surface area (Å²) in [6, 6.07) is -0.106. The molecule has 0 aromatic heterocycles. The summed E-state index contributed by atoms with van der Waals surface area (Å²) in [5.41, 5.74) is 0. The normalized spacial score (nSPS) is 20.5. The highest BCUT2D eigenvalue weighted by molar-refractivity contribution is 5.76. The second kappa shape index (κ2) is 8.82. The van der Waals surface area contributed by atoms with E-state index in [1.807, 2.05) is 0 Å². The van der Waals surface area contributed by atoms with Crippen LogP contribution in [0.15, 0.2) is 0 Å². The lowest BCUT2D eigenvalue weighted by Crippen LogP contribution is -2.47. The van der Waals surface area contributed by atoms with Gasteiger partial charge in [0.25, 0.3) is 0 Å². The van der Waals surface area contributed by atoms with Crippen molar-refractivity contribution in [1.29, 1.82) is 0 Å². The fourth-order valence-corrected chi connectivity index (χ4v) is 2.65. The Morgan fingerprint density at radius 2 is 2.15 bits per heavy atom. The van der Waals surface area contributed by atoms with Gasteiger partial charge in [-0.25, -0.2) is 4.79 Å². The summed E-state index contributed by atoms with van der Waals surface area (Å²) in [6.07, 6.45) is 6.03. The number of unbranched alkanes of at least 4 members (excludes halogenated alkanes) is 1. The molecule has 2 amide bonds. The third-order valence-corrected chi connectivity index (χ3v) is 4.14. The molecule has 116 valence electrons. The highest BCUT2D eigenvalue weighted by Gasteiger charge is 2.28. The molecule has 5 nitrogen and oxygen atoms in total. The van der Waals surface area contributed by atoms with Crippen LogP contribution in [0.25, 0.3) is 0 Å².